The van der Waals surface area contributed by atoms with Gasteiger partial charge in [-0.1, -0.05) is 30.3 Å². The molecule has 0 unspecified atom stereocenters. The molecule has 1 atom stereocenters. The highest BCUT2D eigenvalue weighted by molar-refractivity contribution is 5.87. The maximum Gasteiger partial charge on any atom is 0.241 e. The molecule has 2 saturated heterocycles. The summed E-state index contributed by atoms with van der Waals surface area (Å²) in [5.41, 5.74) is 1.93. The monoisotopic (exact) mass is 388 g/mol. The Hall–Kier alpha value is -3.22. The van der Waals surface area contributed by atoms with Gasteiger partial charge in [0, 0.05) is 12.5 Å². The zero-order valence-corrected chi connectivity index (χ0v) is 15.9. The second kappa shape index (κ2) is 7.66. The van der Waals surface area contributed by atoms with Crippen molar-refractivity contribution in [2.75, 3.05) is 0 Å². The van der Waals surface area contributed by atoms with Crippen LogP contribution in [0.5, 0.6) is 0 Å². The average Bonchev–Trinajstić information content (AvgIpc) is 3.36. The van der Waals surface area contributed by atoms with Crippen molar-refractivity contribution in [1.29, 1.82) is 10.5 Å². The van der Waals surface area contributed by atoms with E-state index in [0.717, 1.165) is 36.8 Å². The van der Waals surface area contributed by atoms with Gasteiger partial charge >= 0.3 is 0 Å². The van der Waals surface area contributed by atoms with Crippen molar-refractivity contribution in [3.8, 4) is 23.3 Å². The van der Waals surface area contributed by atoms with Crippen molar-refractivity contribution in [2.45, 2.75) is 49.7 Å². The smallest absolute Gasteiger partial charge is 0.241 e. The van der Waals surface area contributed by atoms with Crippen LogP contribution in [0, 0.1) is 28.5 Å². The van der Waals surface area contributed by atoms with Gasteiger partial charge in [-0.25, -0.2) is 4.39 Å². The Kier molecular flexibility index (Phi) is 5.05. The first kappa shape index (κ1) is 19.1. The predicted molar refractivity (Wildman–Crippen MR) is 106 cm³/mol. The number of benzene rings is 2. The van der Waals surface area contributed by atoms with Crippen molar-refractivity contribution >= 4 is 5.91 Å². The molecule has 2 bridgehead atoms. The van der Waals surface area contributed by atoms with Gasteiger partial charge in [-0.15, -0.1) is 0 Å². The number of rotatable bonds is 5. The Morgan fingerprint density at radius 3 is 2.41 bits per heavy atom. The van der Waals surface area contributed by atoms with Crippen molar-refractivity contribution in [2.24, 2.45) is 0 Å². The molecule has 29 heavy (non-hydrogen) atoms. The van der Waals surface area contributed by atoms with Gasteiger partial charge in [-0.05, 0) is 54.5 Å². The standard InChI is InChI=1S/C23H21FN4O/c24-21-12-17(5-6-18(21)13-25)16-3-1-15(2-4-16)11-20(14-26)27-22(29)23-9-7-19(28-23)8-10-23/h1-6,12,19-20,28H,7-11H2,(H,27,29)/t19?,20-,23?/m0/s1. The number of carbonyl (C=O) groups is 1. The fourth-order valence-corrected chi connectivity index (χ4v) is 4.36. The topological polar surface area (TPSA) is 88.7 Å². The summed E-state index contributed by atoms with van der Waals surface area (Å²) in [4.78, 5) is 12.7. The summed E-state index contributed by atoms with van der Waals surface area (Å²) in [5, 5.41) is 24.6. The number of nitrogens with one attached hydrogen (secondary N) is 2. The van der Waals surface area contributed by atoms with Crippen molar-refractivity contribution in [3.05, 3.63) is 59.4 Å². The van der Waals surface area contributed by atoms with E-state index in [2.05, 4.69) is 16.7 Å². The highest BCUT2D eigenvalue weighted by Crippen LogP contribution is 2.37. The molecule has 0 aliphatic carbocycles. The molecule has 146 valence electrons. The lowest BCUT2D eigenvalue weighted by atomic mass is 9.87. The molecule has 0 aromatic heterocycles. The first-order valence-corrected chi connectivity index (χ1v) is 9.80. The number of amides is 1. The van der Waals surface area contributed by atoms with E-state index >= 15 is 0 Å². The van der Waals surface area contributed by atoms with Crippen LogP contribution in [-0.4, -0.2) is 23.5 Å². The van der Waals surface area contributed by atoms with Crippen LogP contribution in [0.4, 0.5) is 4.39 Å². The van der Waals surface area contributed by atoms with Crippen LogP contribution in [0.2, 0.25) is 0 Å². The largest absolute Gasteiger partial charge is 0.338 e. The van der Waals surface area contributed by atoms with Gasteiger partial charge in [0.25, 0.3) is 0 Å². The van der Waals surface area contributed by atoms with Crippen LogP contribution in [0.15, 0.2) is 42.5 Å². The molecule has 4 rings (SSSR count). The van der Waals surface area contributed by atoms with Crippen molar-refractivity contribution in [1.82, 2.24) is 10.6 Å². The van der Waals surface area contributed by atoms with Crippen LogP contribution < -0.4 is 10.6 Å². The molecule has 1 amide bonds. The van der Waals surface area contributed by atoms with Gasteiger partial charge in [0.2, 0.25) is 5.91 Å². The van der Waals surface area contributed by atoms with E-state index in [4.69, 9.17) is 5.26 Å². The molecule has 2 N–H and O–H groups in total. The van der Waals surface area contributed by atoms with E-state index in [1.807, 2.05) is 30.3 Å². The van der Waals surface area contributed by atoms with Crippen molar-refractivity contribution in [3.63, 3.8) is 0 Å². The third kappa shape index (κ3) is 3.72. The van der Waals surface area contributed by atoms with Crippen LogP contribution in [0.3, 0.4) is 0 Å². The first-order valence-electron chi connectivity index (χ1n) is 9.80. The highest BCUT2D eigenvalue weighted by atomic mass is 19.1. The molecule has 2 aromatic carbocycles. The SMILES string of the molecule is N#Cc1ccc(-c2ccc(C[C@@H](C#N)NC(=O)C34CCC(CC3)N4)cc2)cc1F. The summed E-state index contributed by atoms with van der Waals surface area (Å²) in [6.07, 6.45) is 4.10. The number of hydrogen-bond acceptors (Lipinski definition) is 4. The van der Waals surface area contributed by atoms with Gasteiger partial charge in [-0.3, -0.25) is 4.79 Å². The summed E-state index contributed by atoms with van der Waals surface area (Å²) in [5.74, 6) is -0.621. The zero-order valence-electron chi connectivity index (χ0n) is 15.9. The summed E-state index contributed by atoms with van der Waals surface area (Å²) >= 11 is 0. The lowest BCUT2D eigenvalue weighted by molar-refractivity contribution is -0.127. The molecule has 0 radical (unpaired) electrons. The lowest BCUT2D eigenvalue weighted by Crippen LogP contribution is -2.54. The summed E-state index contributed by atoms with van der Waals surface area (Å²) in [6, 6.07) is 15.8. The Morgan fingerprint density at radius 2 is 1.86 bits per heavy atom. The molecular weight excluding hydrogens is 367 g/mol. The number of hydrogen-bond donors (Lipinski definition) is 2. The average molecular weight is 388 g/mol. The number of nitrogens with zero attached hydrogens (tertiary/aromatic N) is 2. The van der Waals surface area contributed by atoms with E-state index in [0.29, 0.717) is 18.0 Å². The normalized spacial score (nSPS) is 23.2. The van der Waals surface area contributed by atoms with E-state index in [1.54, 1.807) is 6.07 Å². The molecule has 0 spiro atoms. The van der Waals surface area contributed by atoms with Crippen LogP contribution in [0.25, 0.3) is 11.1 Å². The predicted octanol–water partition coefficient (Wildman–Crippen LogP) is 3.20. The van der Waals surface area contributed by atoms with E-state index in [9.17, 15) is 14.4 Å². The van der Waals surface area contributed by atoms with Crippen LogP contribution in [-0.2, 0) is 11.2 Å². The second-order valence-corrected chi connectivity index (χ2v) is 7.86. The maximum atomic E-state index is 13.8. The number of nitriles is 2. The van der Waals surface area contributed by atoms with E-state index < -0.39 is 17.4 Å². The van der Waals surface area contributed by atoms with Crippen LogP contribution in [0.1, 0.15) is 36.8 Å². The molecule has 2 heterocycles. The van der Waals surface area contributed by atoms with E-state index in [1.165, 1.54) is 12.1 Å². The Labute approximate surface area is 169 Å². The molecule has 6 heteroatoms. The lowest BCUT2D eigenvalue weighted by Gasteiger charge is -2.26. The van der Waals surface area contributed by atoms with Gasteiger partial charge in [0.15, 0.2) is 0 Å². The summed E-state index contributed by atoms with van der Waals surface area (Å²) < 4.78 is 13.8. The van der Waals surface area contributed by atoms with Gasteiger partial charge in [-0.2, -0.15) is 10.5 Å². The first-order chi connectivity index (χ1) is 14.0. The second-order valence-electron chi connectivity index (χ2n) is 7.86. The Balaban J connectivity index is 1.42. The Morgan fingerprint density at radius 1 is 1.17 bits per heavy atom. The van der Waals surface area contributed by atoms with Crippen molar-refractivity contribution < 1.29 is 9.18 Å². The molecule has 0 saturated carbocycles. The molecule has 2 aromatic rings. The number of carbonyl (C=O) groups excluding carboxylic acids is 1. The fourth-order valence-electron chi connectivity index (χ4n) is 4.36. The minimum absolute atomic E-state index is 0.0165. The zero-order chi connectivity index (χ0) is 20.4. The maximum absolute atomic E-state index is 13.8. The third-order valence-electron chi connectivity index (χ3n) is 6.03. The number of halogens is 1. The Bertz CT molecular complexity index is 1010. The molecule has 5 nitrogen and oxygen atoms in total. The van der Waals surface area contributed by atoms with E-state index in [-0.39, 0.29) is 11.5 Å². The quantitative estimate of drug-likeness (QED) is 0.823. The fraction of sp³-hybridized carbons (Fsp3) is 0.348. The minimum atomic E-state index is -0.600. The molecule has 2 aliphatic heterocycles. The van der Waals surface area contributed by atoms with Gasteiger partial charge in [0.05, 0.1) is 17.2 Å². The molecule has 2 aliphatic rings. The molecular formula is C23H21FN4O. The minimum Gasteiger partial charge on any atom is -0.338 e. The van der Waals surface area contributed by atoms with Crippen LogP contribution >= 0.6 is 0 Å². The van der Waals surface area contributed by atoms with Gasteiger partial charge in [0.1, 0.15) is 17.9 Å². The summed E-state index contributed by atoms with van der Waals surface area (Å²) in [6.45, 7) is 0. The highest BCUT2D eigenvalue weighted by Gasteiger charge is 2.49. The summed E-state index contributed by atoms with van der Waals surface area (Å²) in [7, 11) is 0. The number of fused-ring (bicyclic) bond motifs is 2. The molecule has 2 fully saturated rings. The third-order valence-corrected chi connectivity index (χ3v) is 6.03. The van der Waals surface area contributed by atoms with Gasteiger partial charge < -0.3 is 10.6 Å².